The molecule has 1 saturated heterocycles. The molecule has 3 heteroatoms. The minimum Gasteiger partial charge on any atom is -0.374 e. The zero-order valence-corrected chi connectivity index (χ0v) is 8.41. The monoisotopic (exact) mass is 184 g/mol. The minimum atomic E-state index is 0.273. The lowest BCUT2D eigenvalue weighted by molar-refractivity contribution is -0.0548. The molecule has 1 saturated carbocycles. The van der Waals surface area contributed by atoms with Crippen LogP contribution < -0.4 is 5.73 Å². The van der Waals surface area contributed by atoms with Gasteiger partial charge in [-0.1, -0.05) is 0 Å². The second-order valence-electron chi connectivity index (χ2n) is 4.44. The molecule has 76 valence electrons. The van der Waals surface area contributed by atoms with Gasteiger partial charge in [-0.05, 0) is 25.7 Å². The van der Waals surface area contributed by atoms with Crippen molar-refractivity contribution in [3.63, 3.8) is 0 Å². The smallest absolute Gasteiger partial charge is 0.0824 e. The van der Waals surface area contributed by atoms with Gasteiger partial charge in [0.2, 0.25) is 0 Å². The van der Waals surface area contributed by atoms with Gasteiger partial charge >= 0.3 is 0 Å². The highest BCUT2D eigenvalue weighted by atomic mass is 16.5. The Bertz CT molecular complexity index is 170. The van der Waals surface area contributed by atoms with Crippen LogP contribution in [0.3, 0.4) is 0 Å². The van der Waals surface area contributed by atoms with E-state index < -0.39 is 0 Å². The second-order valence-corrected chi connectivity index (χ2v) is 4.44. The summed E-state index contributed by atoms with van der Waals surface area (Å²) in [5.74, 6) is 0.971. The standard InChI is InChI=1S/C10H20N2O/c1-8-7-13-10(4-11)6-12(8)5-9-2-3-9/h8-10H,2-7,11H2,1H3. The molecule has 2 rings (SSSR count). The number of hydrogen-bond acceptors (Lipinski definition) is 3. The normalized spacial score (nSPS) is 36.5. The van der Waals surface area contributed by atoms with Crippen LogP contribution in [0.5, 0.6) is 0 Å². The van der Waals surface area contributed by atoms with Gasteiger partial charge in [0.25, 0.3) is 0 Å². The van der Waals surface area contributed by atoms with Crippen LogP contribution in [-0.2, 0) is 4.74 Å². The molecule has 1 aliphatic carbocycles. The molecule has 13 heavy (non-hydrogen) atoms. The Kier molecular flexibility index (Phi) is 2.86. The number of morpholine rings is 1. The molecule has 3 nitrogen and oxygen atoms in total. The van der Waals surface area contributed by atoms with Crippen LogP contribution in [0.25, 0.3) is 0 Å². The van der Waals surface area contributed by atoms with E-state index in [9.17, 15) is 0 Å². The first-order valence-electron chi connectivity index (χ1n) is 5.35. The van der Waals surface area contributed by atoms with Crippen LogP contribution in [0, 0.1) is 5.92 Å². The van der Waals surface area contributed by atoms with E-state index in [0.717, 1.165) is 19.1 Å². The van der Waals surface area contributed by atoms with Crippen LogP contribution in [0.1, 0.15) is 19.8 Å². The van der Waals surface area contributed by atoms with E-state index in [2.05, 4.69) is 11.8 Å². The third kappa shape index (κ3) is 2.42. The fourth-order valence-electron chi connectivity index (χ4n) is 1.90. The number of nitrogens with zero attached hydrogens (tertiary/aromatic N) is 1. The van der Waals surface area contributed by atoms with Crippen molar-refractivity contribution in [2.45, 2.75) is 31.9 Å². The summed E-state index contributed by atoms with van der Waals surface area (Å²) >= 11 is 0. The molecule has 2 atom stereocenters. The van der Waals surface area contributed by atoms with Gasteiger partial charge in [0, 0.05) is 25.7 Å². The lowest BCUT2D eigenvalue weighted by atomic mass is 10.2. The summed E-state index contributed by atoms with van der Waals surface area (Å²) in [5, 5.41) is 0. The number of rotatable bonds is 3. The maximum atomic E-state index is 5.61. The maximum absolute atomic E-state index is 5.61. The van der Waals surface area contributed by atoms with E-state index in [1.54, 1.807) is 0 Å². The molecule has 2 N–H and O–H groups in total. The average Bonchev–Trinajstić information content (AvgIpc) is 2.93. The Morgan fingerprint density at radius 1 is 1.46 bits per heavy atom. The van der Waals surface area contributed by atoms with Crippen LogP contribution in [-0.4, -0.2) is 43.3 Å². The van der Waals surface area contributed by atoms with Crippen molar-refractivity contribution in [3.05, 3.63) is 0 Å². The summed E-state index contributed by atoms with van der Waals surface area (Å²) < 4.78 is 5.60. The summed E-state index contributed by atoms with van der Waals surface area (Å²) in [6, 6.07) is 0.586. The van der Waals surface area contributed by atoms with Gasteiger partial charge in [-0.3, -0.25) is 4.90 Å². The molecule has 2 aliphatic rings. The van der Waals surface area contributed by atoms with Gasteiger partial charge in [-0.2, -0.15) is 0 Å². The van der Waals surface area contributed by atoms with E-state index in [-0.39, 0.29) is 6.10 Å². The fraction of sp³-hybridized carbons (Fsp3) is 1.00. The van der Waals surface area contributed by atoms with Crippen molar-refractivity contribution in [2.75, 3.05) is 26.2 Å². The molecule has 1 aliphatic heterocycles. The van der Waals surface area contributed by atoms with Gasteiger partial charge in [0.1, 0.15) is 0 Å². The molecule has 2 unspecified atom stereocenters. The molecule has 0 bridgehead atoms. The lowest BCUT2D eigenvalue weighted by Gasteiger charge is -2.37. The van der Waals surface area contributed by atoms with Gasteiger partial charge < -0.3 is 10.5 Å². The van der Waals surface area contributed by atoms with E-state index >= 15 is 0 Å². The van der Waals surface area contributed by atoms with E-state index in [1.807, 2.05) is 0 Å². The van der Waals surface area contributed by atoms with E-state index in [4.69, 9.17) is 10.5 Å². The third-order valence-corrected chi connectivity index (χ3v) is 3.09. The van der Waals surface area contributed by atoms with E-state index in [0.29, 0.717) is 12.6 Å². The molecule has 0 aromatic rings. The summed E-state index contributed by atoms with van der Waals surface area (Å²) in [5.41, 5.74) is 5.61. The fourth-order valence-corrected chi connectivity index (χ4v) is 1.90. The first kappa shape index (κ1) is 9.44. The highest BCUT2D eigenvalue weighted by molar-refractivity contribution is 4.84. The van der Waals surface area contributed by atoms with E-state index in [1.165, 1.54) is 19.4 Å². The van der Waals surface area contributed by atoms with Crippen molar-refractivity contribution < 1.29 is 4.74 Å². The zero-order valence-electron chi connectivity index (χ0n) is 8.41. The SMILES string of the molecule is CC1COC(CN)CN1CC1CC1. The number of hydrogen-bond donors (Lipinski definition) is 1. The predicted octanol–water partition coefficient (Wildman–Crippen LogP) is 0.444. The Labute approximate surface area is 80.2 Å². The highest BCUT2D eigenvalue weighted by Gasteiger charge is 2.30. The Morgan fingerprint density at radius 3 is 2.85 bits per heavy atom. The maximum Gasteiger partial charge on any atom is 0.0824 e. The molecule has 0 radical (unpaired) electrons. The molecule has 0 spiro atoms. The zero-order chi connectivity index (χ0) is 9.26. The largest absolute Gasteiger partial charge is 0.374 e. The molecule has 1 heterocycles. The average molecular weight is 184 g/mol. The van der Waals surface area contributed by atoms with Crippen molar-refractivity contribution in [3.8, 4) is 0 Å². The molecule has 0 aromatic carbocycles. The summed E-state index contributed by atoms with van der Waals surface area (Å²) in [6.07, 6.45) is 3.13. The second kappa shape index (κ2) is 3.95. The first-order valence-corrected chi connectivity index (χ1v) is 5.35. The van der Waals surface area contributed by atoms with Crippen LogP contribution in [0.2, 0.25) is 0 Å². The first-order chi connectivity index (χ1) is 6.29. The predicted molar refractivity (Wildman–Crippen MR) is 52.6 cm³/mol. The van der Waals surface area contributed by atoms with Crippen LogP contribution in [0.4, 0.5) is 0 Å². The van der Waals surface area contributed by atoms with Crippen molar-refractivity contribution in [1.29, 1.82) is 0 Å². The minimum absolute atomic E-state index is 0.273. The number of nitrogens with two attached hydrogens (primary N) is 1. The lowest BCUT2D eigenvalue weighted by Crippen LogP contribution is -2.51. The van der Waals surface area contributed by atoms with Gasteiger partial charge in [-0.25, -0.2) is 0 Å². The van der Waals surface area contributed by atoms with Crippen LogP contribution >= 0.6 is 0 Å². The summed E-state index contributed by atoms with van der Waals surface area (Å²) in [4.78, 5) is 2.54. The van der Waals surface area contributed by atoms with Gasteiger partial charge in [0.05, 0.1) is 12.7 Å². The molecule has 0 aromatic heterocycles. The number of ether oxygens (including phenoxy) is 1. The summed E-state index contributed by atoms with van der Waals surface area (Å²) in [7, 11) is 0. The highest BCUT2D eigenvalue weighted by Crippen LogP contribution is 2.31. The Morgan fingerprint density at radius 2 is 2.23 bits per heavy atom. The van der Waals surface area contributed by atoms with Crippen molar-refractivity contribution in [1.82, 2.24) is 4.90 Å². The third-order valence-electron chi connectivity index (χ3n) is 3.09. The molecular formula is C10H20N2O. The van der Waals surface area contributed by atoms with Crippen molar-refractivity contribution in [2.24, 2.45) is 11.7 Å². The topological polar surface area (TPSA) is 38.5 Å². The van der Waals surface area contributed by atoms with Crippen LogP contribution in [0.15, 0.2) is 0 Å². The molecular weight excluding hydrogens is 164 g/mol. The summed E-state index contributed by atoms with van der Waals surface area (Å²) in [6.45, 7) is 6.06. The quantitative estimate of drug-likeness (QED) is 0.692. The Hall–Kier alpha value is -0.120. The van der Waals surface area contributed by atoms with Crippen molar-refractivity contribution >= 4 is 0 Å². The molecule has 0 amide bonds. The van der Waals surface area contributed by atoms with Gasteiger partial charge in [-0.15, -0.1) is 0 Å². The molecule has 2 fully saturated rings. The van der Waals surface area contributed by atoms with Gasteiger partial charge in [0.15, 0.2) is 0 Å². The Balaban J connectivity index is 1.82.